The Morgan fingerprint density at radius 3 is 2.52 bits per heavy atom. The van der Waals surface area contributed by atoms with Gasteiger partial charge in [0, 0.05) is 26.2 Å². The number of anilines is 1. The van der Waals surface area contributed by atoms with E-state index >= 15 is 0 Å². The largest absolute Gasteiger partial charge is 0.495 e. The number of rotatable bonds is 3. The Hall–Kier alpha value is -3.09. The van der Waals surface area contributed by atoms with Crippen LogP contribution in [0.1, 0.15) is 21.9 Å². The third kappa shape index (κ3) is 3.09. The van der Waals surface area contributed by atoms with Crippen molar-refractivity contribution in [2.75, 3.05) is 38.2 Å². The first-order valence-electron chi connectivity index (χ1n) is 9.08. The normalized spacial score (nSPS) is 14.6. The third-order valence-corrected chi connectivity index (χ3v) is 5.15. The quantitative estimate of drug-likeness (QED) is 0.713. The van der Waals surface area contributed by atoms with Crippen LogP contribution in [-0.2, 0) is 0 Å². The maximum absolute atomic E-state index is 12.9. The number of para-hydroxylation sites is 2. The molecule has 0 bridgehead atoms. The number of methoxy groups -OCH3 is 1. The second-order valence-corrected chi connectivity index (χ2v) is 6.72. The Labute approximate surface area is 158 Å². The molecule has 4 rings (SSSR count). The molecule has 3 aromatic rings. The molecule has 1 aliphatic heterocycles. The summed E-state index contributed by atoms with van der Waals surface area (Å²) in [6.07, 6.45) is 0. The zero-order chi connectivity index (χ0) is 19.0. The second-order valence-electron chi connectivity index (χ2n) is 6.72. The van der Waals surface area contributed by atoms with E-state index in [1.807, 2.05) is 43.0 Å². The first kappa shape index (κ1) is 17.3. The number of hydrogen-bond donors (Lipinski definition) is 0. The van der Waals surface area contributed by atoms with Gasteiger partial charge in [0.25, 0.3) is 5.91 Å². The van der Waals surface area contributed by atoms with E-state index in [-0.39, 0.29) is 5.91 Å². The van der Waals surface area contributed by atoms with Gasteiger partial charge in [0.05, 0.1) is 24.2 Å². The number of aromatic nitrogens is 3. The molecular weight excluding hydrogens is 342 g/mol. The number of imidazole rings is 1. The van der Waals surface area contributed by atoms with Crippen molar-refractivity contribution in [1.29, 1.82) is 0 Å². The zero-order valence-electron chi connectivity index (χ0n) is 15.8. The topological polar surface area (TPSA) is 63.0 Å². The number of benzene rings is 1. The fourth-order valence-electron chi connectivity index (χ4n) is 3.47. The first-order chi connectivity index (χ1) is 13.1. The fourth-order valence-corrected chi connectivity index (χ4v) is 3.47. The summed E-state index contributed by atoms with van der Waals surface area (Å²) in [7, 11) is 1.68. The molecule has 0 aliphatic carbocycles. The highest BCUT2D eigenvalue weighted by Crippen LogP contribution is 2.28. The molecule has 0 saturated carbocycles. The highest BCUT2D eigenvalue weighted by Gasteiger charge is 2.25. The SMILES string of the molecule is COc1ccccc1N1CCN(C(=O)c2ccc3nc(C)c(C)n3n2)CC1. The van der Waals surface area contributed by atoms with E-state index in [0.29, 0.717) is 18.8 Å². The molecule has 140 valence electrons. The minimum atomic E-state index is -0.0395. The van der Waals surface area contributed by atoms with Gasteiger partial charge in [0.1, 0.15) is 11.4 Å². The van der Waals surface area contributed by atoms with Crippen molar-refractivity contribution in [3.05, 3.63) is 53.5 Å². The van der Waals surface area contributed by atoms with Crippen molar-refractivity contribution < 1.29 is 9.53 Å². The summed E-state index contributed by atoms with van der Waals surface area (Å²) in [5.74, 6) is 0.817. The van der Waals surface area contributed by atoms with E-state index in [0.717, 1.165) is 41.6 Å². The lowest BCUT2D eigenvalue weighted by molar-refractivity contribution is 0.0739. The summed E-state index contributed by atoms with van der Waals surface area (Å²) >= 11 is 0. The summed E-state index contributed by atoms with van der Waals surface area (Å²) < 4.78 is 7.20. The lowest BCUT2D eigenvalue weighted by Gasteiger charge is -2.36. The van der Waals surface area contributed by atoms with Crippen LogP contribution in [0.5, 0.6) is 5.75 Å². The van der Waals surface area contributed by atoms with E-state index in [1.54, 1.807) is 17.7 Å². The molecule has 7 nitrogen and oxygen atoms in total. The number of nitrogens with zero attached hydrogens (tertiary/aromatic N) is 5. The average molecular weight is 365 g/mol. The fraction of sp³-hybridized carbons (Fsp3) is 0.350. The summed E-state index contributed by atoms with van der Waals surface area (Å²) in [6, 6.07) is 11.6. The predicted molar refractivity (Wildman–Crippen MR) is 104 cm³/mol. The standard InChI is InChI=1S/C20H23N5O2/c1-14-15(2)25-19(21-14)9-8-16(22-25)20(26)24-12-10-23(11-13-24)17-6-4-5-7-18(17)27-3/h4-9H,10-13H2,1-3H3. The van der Waals surface area contributed by atoms with E-state index in [4.69, 9.17) is 4.74 Å². The molecule has 27 heavy (non-hydrogen) atoms. The Morgan fingerprint density at radius 2 is 1.78 bits per heavy atom. The van der Waals surface area contributed by atoms with Gasteiger partial charge in [-0.3, -0.25) is 4.79 Å². The Balaban J connectivity index is 1.49. The van der Waals surface area contributed by atoms with Crippen LogP contribution in [0.2, 0.25) is 0 Å². The van der Waals surface area contributed by atoms with Crippen molar-refractivity contribution >= 4 is 17.2 Å². The Kier molecular flexibility index (Phi) is 4.43. The first-order valence-corrected chi connectivity index (χ1v) is 9.08. The van der Waals surface area contributed by atoms with E-state index in [9.17, 15) is 4.79 Å². The van der Waals surface area contributed by atoms with Crippen LogP contribution in [0, 0.1) is 13.8 Å². The van der Waals surface area contributed by atoms with Crippen LogP contribution in [-0.4, -0.2) is 58.7 Å². The maximum atomic E-state index is 12.9. The molecule has 1 fully saturated rings. The number of carbonyl (C=O) groups excluding carboxylic acids is 1. The van der Waals surface area contributed by atoms with Crippen LogP contribution in [0.3, 0.4) is 0 Å². The summed E-state index contributed by atoms with van der Waals surface area (Å²) in [5, 5.41) is 4.50. The molecule has 0 N–H and O–H groups in total. The maximum Gasteiger partial charge on any atom is 0.274 e. The van der Waals surface area contributed by atoms with Gasteiger partial charge in [-0.2, -0.15) is 5.10 Å². The number of aryl methyl sites for hydroxylation is 2. The molecule has 0 radical (unpaired) electrons. The minimum absolute atomic E-state index is 0.0395. The van der Waals surface area contributed by atoms with Crippen molar-refractivity contribution in [3.63, 3.8) is 0 Å². The Morgan fingerprint density at radius 1 is 1.04 bits per heavy atom. The predicted octanol–water partition coefficient (Wildman–Crippen LogP) is 2.32. The van der Waals surface area contributed by atoms with Crippen molar-refractivity contribution in [2.24, 2.45) is 0 Å². The molecule has 1 saturated heterocycles. The summed E-state index contributed by atoms with van der Waals surface area (Å²) in [6.45, 7) is 6.73. The molecule has 1 aromatic carbocycles. The van der Waals surface area contributed by atoms with Crippen molar-refractivity contribution in [2.45, 2.75) is 13.8 Å². The van der Waals surface area contributed by atoms with E-state index in [1.165, 1.54) is 0 Å². The average Bonchev–Trinajstić information content (AvgIpc) is 3.01. The highest BCUT2D eigenvalue weighted by molar-refractivity contribution is 5.92. The van der Waals surface area contributed by atoms with Gasteiger partial charge in [-0.15, -0.1) is 0 Å². The molecule has 3 heterocycles. The molecule has 7 heteroatoms. The van der Waals surface area contributed by atoms with Crippen LogP contribution >= 0.6 is 0 Å². The van der Waals surface area contributed by atoms with Gasteiger partial charge in [-0.1, -0.05) is 12.1 Å². The lowest BCUT2D eigenvalue weighted by atomic mass is 10.2. The minimum Gasteiger partial charge on any atom is -0.495 e. The lowest BCUT2D eigenvalue weighted by Crippen LogP contribution is -2.49. The smallest absolute Gasteiger partial charge is 0.274 e. The van der Waals surface area contributed by atoms with Gasteiger partial charge in [-0.25, -0.2) is 9.50 Å². The van der Waals surface area contributed by atoms with Gasteiger partial charge in [0.2, 0.25) is 0 Å². The number of amides is 1. The molecule has 2 aromatic heterocycles. The molecule has 0 unspecified atom stereocenters. The van der Waals surface area contributed by atoms with Gasteiger partial charge in [-0.05, 0) is 38.1 Å². The zero-order valence-corrected chi connectivity index (χ0v) is 15.8. The number of fused-ring (bicyclic) bond motifs is 1. The van der Waals surface area contributed by atoms with Gasteiger partial charge >= 0.3 is 0 Å². The number of carbonyl (C=O) groups is 1. The van der Waals surface area contributed by atoms with Crippen LogP contribution in [0.4, 0.5) is 5.69 Å². The Bertz CT molecular complexity index is 989. The molecular formula is C20H23N5O2. The van der Waals surface area contributed by atoms with Gasteiger partial charge < -0.3 is 14.5 Å². The third-order valence-electron chi connectivity index (χ3n) is 5.15. The molecule has 1 aliphatic rings. The van der Waals surface area contributed by atoms with Gasteiger partial charge in [0.15, 0.2) is 5.65 Å². The van der Waals surface area contributed by atoms with Crippen LogP contribution in [0.25, 0.3) is 5.65 Å². The van der Waals surface area contributed by atoms with Crippen molar-refractivity contribution in [3.8, 4) is 5.75 Å². The number of ether oxygens (including phenoxy) is 1. The molecule has 1 amide bonds. The summed E-state index contributed by atoms with van der Waals surface area (Å²) in [5.41, 5.74) is 4.17. The highest BCUT2D eigenvalue weighted by atomic mass is 16.5. The monoisotopic (exact) mass is 365 g/mol. The van der Waals surface area contributed by atoms with Crippen LogP contribution in [0.15, 0.2) is 36.4 Å². The number of piperazine rings is 1. The van der Waals surface area contributed by atoms with Crippen molar-refractivity contribution in [1.82, 2.24) is 19.5 Å². The van der Waals surface area contributed by atoms with E-state index < -0.39 is 0 Å². The second kappa shape index (κ2) is 6.90. The van der Waals surface area contributed by atoms with E-state index in [2.05, 4.69) is 21.0 Å². The summed E-state index contributed by atoms with van der Waals surface area (Å²) in [4.78, 5) is 21.5. The number of hydrogen-bond acceptors (Lipinski definition) is 5. The molecule has 0 spiro atoms. The molecule has 0 atom stereocenters. The van der Waals surface area contributed by atoms with Crippen LogP contribution < -0.4 is 9.64 Å².